The first kappa shape index (κ1) is 18.6. The number of thiazole rings is 1. The number of pyridine rings is 2. The topological polar surface area (TPSA) is 59.0 Å². The molecule has 7 heteroatoms. The lowest BCUT2D eigenvalue weighted by Gasteiger charge is -2.22. The van der Waals surface area contributed by atoms with Gasteiger partial charge in [0, 0.05) is 37.9 Å². The fourth-order valence-electron chi connectivity index (χ4n) is 2.78. The summed E-state index contributed by atoms with van der Waals surface area (Å²) in [4.78, 5) is 27.7. The standard InChI is InChI=1S/C21H18N4OS2/c26-20(15-27-21-24-18-5-1-2-6-19(18)28-21)25(13-16-7-10-22-11-8-16)14-17-4-3-9-23-12-17/h1-12H,13-15H2. The second-order valence-corrected chi connectivity index (χ2v) is 8.46. The molecule has 3 aromatic heterocycles. The first-order valence-electron chi connectivity index (χ1n) is 8.82. The molecule has 0 atom stereocenters. The minimum absolute atomic E-state index is 0.0740. The molecular weight excluding hydrogens is 388 g/mol. The van der Waals surface area contributed by atoms with Crippen molar-refractivity contribution in [2.75, 3.05) is 5.75 Å². The van der Waals surface area contributed by atoms with E-state index in [-0.39, 0.29) is 5.91 Å². The van der Waals surface area contributed by atoms with Gasteiger partial charge in [-0.15, -0.1) is 11.3 Å². The van der Waals surface area contributed by atoms with E-state index in [1.54, 1.807) is 36.1 Å². The molecule has 140 valence electrons. The lowest BCUT2D eigenvalue weighted by Crippen LogP contribution is -2.31. The number of amides is 1. The van der Waals surface area contributed by atoms with Gasteiger partial charge in [-0.1, -0.05) is 30.0 Å². The zero-order valence-corrected chi connectivity index (χ0v) is 16.7. The fraction of sp³-hybridized carbons (Fsp3) is 0.143. The molecule has 5 nitrogen and oxygen atoms in total. The van der Waals surface area contributed by atoms with Crippen LogP contribution >= 0.6 is 23.1 Å². The van der Waals surface area contributed by atoms with Gasteiger partial charge in [-0.3, -0.25) is 14.8 Å². The van der Waals surface area contributed by atoms with E-state index in [9.17, 15) is 4.79 Å². The van der Waals surface area contributed by atoms with Crippen molar-refractivity contribution in [2.45, 2.75) is 17.4 Å². The van der Waals surface area contributed by atoms with Crippen molar-refractivity contribution in [3.05, 3.63) is 84.4 Å². The Hall–Kier alpha value is -2.77. The SMILES string of the molecule is O=C(CSc1nc2ccccc2s1)N(Cc1ccncc1)Cc1cccnc1. The first-order valence-corrected chi connectivity index (χ1v) is 10.6. The maximum absolute atomic E-state index is 13.0. The van der Waals surface area contributed by atoms with Crippen LogP contribution in [-0.4, -0.2) is 31.5 Å². The Morgan fingerprint density at radius 1 is 0.929 bits per heavy atom. The number of thioether (sulfide) groups is 1. The summed E-state index contributed by atoms with van der Waals surface area (Å²) >= 11 is 3.11. The van der Waals surface area contributed by atoms with Crippen molar-refractivity contribution in [2.24, 2.45) is 0 Å². The molecule has 0 bridgehead atoms. The highest BCUT2D eigenvalue weighted by atomic mass is 32.2. The van der Waals surface area contributed by atoms with E-state index in [0.29, 0.717) is 18.8 Å². The number of carbonyl (C=O) groups excluding carboxylic acids is 1. The minimum Gasteiger partial charge on any atom is -0.333 e. The Bertz CT molecular complexity index is 979. The molecule has 0 radical (unpaired) electrons. The van der Waals surface area contributed by atoms with Crippen molar-refractivity contribution < 1.29 is 4.79 Å². The van der Waals surface area contributed by atoms with Gasteiger partial charge in [-0.25, -0.2) is 4.98 Å². The molecule has 0 fully saturated rings. The van der Waals surface area contributed by atoms with Gasteiger partial charge in [-0.2, -0.15) is 0 Å². The monoisotopic (exact) mass is 406 g/mol. The van der Waals surface area contributed by atoms with Crippen LogP contribution in [0, 0.1) is 0 Å². The predicted molar refractivity (Wildman–Crippen MR) is 113 cm³/mol. The third-order valence-corrected chi connectivity index (χ3v) is 6.33. The maximum atomic E-state index is 13.0. The Balaban J connectivity index is 1.46. The Morgan fingerprint density at radius 3 is 2.54 bits per heavy atom. The van der Waals surface area contributed by atoms with Crippen LogP contribution in [-0.2, 0) is 17.9 Å². The third-order valence-electron chi connectivity index (χ3n) is 4.17. The van der Waals surface area contributed by atoms with Crippen molar-refractivity contribution >= 4 is 39.2 Å². The minimum atomic E-state index is 0.0740. The van der Waals surface area contributed by atoms with Gasteiger partial charge >= 0.3 is 0 Å². The summed E-state index contributed by atoms with van der Waals surface area (Å²) in [7, 11) is 0. The van der Waals surface area contributed by atoms with E-state index < -0.39 is 0 Å². The van der Waals surface area contributed by atoms with E-state index in [1.807, 2.05) is 47.4 Å². The number of nitrogens with zero attached hydrogens (tertiary/aromatic N) is 4. The van der Waals surface area contributed by atoms with Gasteiger partial charge in [0.1, 0.15) is 0 Å². The molecule has 0 N–H and O–H groups in total. The third kappa shape index (κ3) is 4.74. The average Bonchev–Trinajstić information content (AvgIpc) is 3.16. The highest BCUT2D eigenvalue weighted by Gasteiger charge is 2.16. The van der Waals surface area contributed by atoms with Crippen LogP contribution in [0.4, 0.5) is 0 Å². The Labute approximate surface area is 171 Å². The molecule has 1 amide bonds. The lowest BCUT2D eigenvalue weighted by atomic mass is 10.2. The van der Waals surface area contributed by atoms with Crippen LogP contribution in [0.1, 0.15) is 11.1 Å². The zero-order valence-electron chi connectivity index (χ0n) is 15.1. The summed E-state index contributed by atoms with van der Waals surface area (Å²) in [6.07, 6.45) is 7.03. The summed E-state index contributed by atoms with van der Waals surface area (Å²) in [6.45, 7) is 1.06. The number of rotatable bonds is 7. The van der Waals surface area contributed by atoms with E-state index in [1.165, 1.54) is 11.8 Å². The molecule has 0 unspecified atom stereocenters. The number of carbonyl (C=O) groups is 1. The van der Waals surface area contributed by atoms with Gasteiger partial charge in [0.05, 0.1) is 16.0 Å². The summed E-state index contributed by atoms with van der Waals surface area (Å²) < 4.78 is 2.06. The normalized spacial score (nSPS) is 10.9. The fourth-order valence-corrected chi connectivity index (χ4v) is 4.75. The molecule has 0 saturated heterocycles. The summed E-state index contributed by atoms with van der Waals surface area (Å²) in [6, 6.07) is 15.8. The molecule has 0 spiro atoms. The molecule has 0 aliphatic carbocycles. The number of aromatic nitrogens is 3. The maximum Gasteiger partial charge on any atom is 0.233 e. The molecular formula is C21H18N4OS2. The van der Waals surface area contributed by atoms with Gasteiger partial charge in [0.25, 0.3) is 0 Å². The number of para-hydroxylation sites is 1. The quantitative estimate of drug-likeness (QED) is 0.426. The van der Waals surface area contributed by atoms with E-state index in [2.05, 4.69) is 21.0 Å². The number of hydrogen-bond donors (Lipinski definition) is 0. The summed E-state index contributed by atoms with van der Waals surface area (Å²) in [5, 5.41) is 0. The van der Waals surface area contributed by atoms with E-state index in [4.69, 9.17) is 0 Å². The lowest BCUT2D eigenvalue weighted by molar-refractivity contribution is -0.129. The van der Waals surface area contributed by atoms with Crippen molar-refractivity contribution in [1.82, 2.24) is 19.9 Å². The van der Waals surface area contributed by atoms with Crippen LogP contribution in [0.25, 0.3) is 10.2 Å². The number of benzene rings is 1. The molecule has 4 rings (SSSR count). The average molecular weight is 407 g/mol. The van der Waals surface area contributed by atoms with Crippen LogP contribution in [0.2, 0.25) is 0 Å². The van der Waals surface area contributed by atoms with E-state index >= 15 is 0 Å². The van der Waals surface area contributed by atoms with Crippen molar-refractivity contribution in [1.29, 1.82) is 0 Å². The zero-order chi connectivity index (χ0) is 19.2. The summed E-state index contributed by atoms with van der Waals surface area (Å²) in [5.41, 5.74) is 3.04. The van der Waals surface area contributed by atoms with Gasteiger partial charge in [-0.05, 0) is 41.5 Å². The predicted octanol–water partition coefficient (Wildman–Crippen LogP) is 4.41. The number of hydrogen-bond acceptors (Lipinski definition) is 6. The summed E-state index contributed by atoms with van der Waals surface area (Å²) in [5.74, 6) is 0.426. The molecule has 28 heavy (non-hydrogen) atoms. The van der Waals surface area contributed by atoms with E-state index in [0.717, 1.165) is 25.7 Å². The van der Waals surface area contributed by atoms with Crippen molar-refractivity contribution in [3.8, 4) is 0 Å². The van der Waals surface area contributed by atoms with Crippen LogP contribution in [0.3, 0.4) is 0 Å². The highest BCUT2D eigenvalue weighted by molar-refractivity contribution is 8.01. The van der Waals surface area contributed by atoms with Crippen LogP contribution in [0.5, 0.6) is 0 Å². The smallest absolute Gasteiger partial charge is 0.233 e. The van der Waals surface area contributed by atoms with Gasteiger partial charge in [0.15, 0.2) is 4.34 Å². The van der Waals surface area contributed by atoms with Crippen LogP contribution in [0.15, 0.2) is 77.7 Å². The Morgan fingerprint density at radius 2 is 1.75 bits per heavy atom. The second kappa shape index (κ2) is 8.95. The van der Waals surface area contributed by atoms with Crippen LogP contribution < -0.4 is 0 Å². The second-order valence-electron chi connectivity index (χ2n) is 6.20. The number of fused-ring (bicyclic) bond motifs is 1. The molecule has 0 aliphatic heterocycles. The highest BCUT2D eigenvalue weighted by Crippen LogP contribution is 2.29. The molecule has 0 aliphatic rings. The molecule has 4 aromatic rings. The molecule has 1 aromatic carbocycles. The largest absolute Gasteiger partial charge is 0.333 e. The Kier molecular flexibility index (Phi) is 5.94. The van der Waals surface area contributed by atoms with Gasteiger partial charge < -0.3 is 4.90 Å². The van der Waals surface area contributed by atoms with Crippen molar-refractivity contribution in [3.63, 3.8) is 0 Å². The molecule has 0 saturated carbocycles. The van der Waals surface area contributed by atoms with Gasteiger partial charge in [0.2, 0.25) is 5.91 Å². The molecule has 3 heterocycles. The first-order chi connectivity index (χ1) is 13.8.